The second kappa shape index (κ2) is 7.00. The van der Waals surface area contributed by atoms with Gasteiger partial charge in [-0.2, -0.15) is 0 Å². The first-order valence-corrected chi connectivity index (χ1v) is 8.10. The third-order valence-corrected chi connectivity index (χ3v) is 5.51. The molecule has 1 aromatic rings. The fourth-order valence-corrected chi connectivity index (χ4v) is 4.46. The van der Waals surface area contributed by atoms with Crippen LogP contribution in [0.5, 0.6) is 0 Å². The van der Waals surface area contributed by atoms with Gasteiger partial charge in [0.25, 0.3) is 0 Å². The number of hydrogen-bond acceptors (Lipinski definition) is 5. The Bertz CT molecular complexity index is 608. The van der Waals surface area contributed by atoms with Gasteiger partial charge in [0.05, 0.1) is 0 Å². The molecule has 1 heterocycles. The molecule has 1 aliphatic rings. The Labute approximate surface area is 140 Å². The number of rotatable bonds is 7. The van der Waals surface area contributed by atoms with Crippen molar-refractivity contribution in [2.45, 2.75) is 43.4 Å². The molecule has 0 bridgehead atoms. The van der Waals surface area contributed by atoms with Gasteiger partial charge < -0.3 is 20.4 Å². The van der Waals surface area contributed by atoms with Crippen molar-refractivity contribution < 1.29 is 39.6 Å². The topological polar surface area (TPSA) is 149 Å². The van der Waals surface area contributed by atoms with Crippen molar-refractivity contribution in [3.8, 4) is 0 Å². The first-order valence-electron chi connectivity index (χ1n) is 7.28. The highest BCUT2D eigenvalue weighted by Gasteiger charge is 2.39. The molecule has 0 unspecified atom stereocenters. The number of thiophene rings is 1. The van der Waals surface area contributed by atoms with Crippen LogP contribution in [0.2, 0.25) is 0 Å². The lowest BCUT2D eigenvalue weighted by Crippen LogP contribution is -2.26. The van der Waals surface area contributed by atoms with Crippen LogP contribution < -0.4 is 0 Å². The Morgan fingerprint density at radius 1 is 0.875 bits per heavy atom. The van der Waals surface area contributed by atoms with Crippen LogP contribution in [0.4, 0.5) is 0 Å². The monoisotopic (exact) mass is 356 g/mol. The third-order valence-electron chi connectivity index (χ3n) is 4.13. The molecule has 1 fully saturated rings. The second-order valence-corrected chi connectivity index (χ2v) is 6.78. The van der Waals surface area contributed by atoms with Crippen molar-refractivity contribution in [2.75, 3.05) is 0 Å². The second-order valence-electron chi connectivity index (χ2n) is 5.67. The molecule has 0 aliphatic heterocycles. The van der Waals surface area contributed by atoms with Crippen molar-refractivity contribution in [2.24, 2.45) is 0 Å². The van der Waals surface area contributed by atoms with E-state index < -0.39 is 35.7 Å². The molecule has 0 saturated heterocycles. The zero-order valence-electron chi connectivity index (χ0n) is 12.5. The van der Waals surface area contributed by atoms with Crippen LogP contribution in [0.15, 0.2) is 6.07 Å². The molecule has 0 spiro atoms. The van der Waals surface area contributed by atoms with Gasteiger partial charge in [-0.15, -0.1) is 11.3 Å². The summed E-state index contributed by atoms with van der Waals surface area (Å²) in [6.45, 7) is 0. The van der Waals surface area contributed by atoms with E-state index in [-0.39, 0.29) is 16.4 Å². The summed E-state index contributed by atoms with van der Waals surface area (Å²) in [4.78, 5) is 45.7. The Morgan fingerprint density at radius 2 is 1.33 bits per heavy atom. The van der Waals surface area contributed by atoms with Crippen LogP contribution in [0, 0.1) is 0 Å². The Balaban J connectivity index is 2.61. The maximum absolute atomic E-state index is 11.3. The van der Waals surface area contributed by atoms with Gasteiger partial charge in [0.1, 0.15) is 0 Å². The van der Waals surface area contributed by atoms with E-state index in [0.717, 1.165) is 37.0 Å². The molecule has 1 aliphatic carbocycles. The molecule has 1 saturated carbocycles. The first kappa shape index (κ1) is 17.9. The average molecular weight is 356 g/mol. The number of carboxylic acids is 4. The molecule has 0 aromatic carbocycles. The molecule has 2 rings (SSSR count). The largest absolute Gasteiger partial charge is 0.480 e. The highest BCUT2D eigenvalue weighted by atomic mass is 32.1. The number of hydrogen-bond donors (Lipinski definition) is 4. The van der Waals surface area contributed by atoms with Gasteiger partial charge in [-0.25, -0.2) is 0 Å². The van der Waals surface area contributed by atoms with Gasteiger partial charge in [-0.3, -0.25) is 19.2 Å². The first-order chi connectivity index (χ1) is 11.2. The highest BCUT2D eigenvalue weighted by Crippen LogP contribution is 2.43. The lowest BCUT2D eigenvalue weighted by Gasteiger charge is -2.11. The van der Waals surface area contributed by atoms with E-state index in [1.165, 1.54) is 6.07 Å². The molecule has 4 N–H and O–H groups in total. The minimum atomic E-state index is -1.99. The standard InChI is InChI=1S/C15H16O8S/c16-12(17)9(13(18)19)7-5-8(6-3-1-2-4-6)24-11(7)10(14(20)21)15(22)23/h5-6,9-10H,1-4H2,(H,16,17)(H,18,19)(H,20,21)(H,22,23). The summed E-state index contributed by atoms with van der Waals surface area (Å²) in [5.41, 5.74) is -0.253. The lowest BCUT2D eigenvalue weighted by atomic mass is 9.93. The molecular formula is C15H16O8S. The third kappa shape index (κ3) is 3.40. The molecule has 0 atom stereocenters. The van der Waals surface area contributed by atoms with Crippen molar-refractivity contribution in [3.63, 3.8) is 0 Å². The fourth-order valence-electron chi connectivity index (χ4n) is 3.00. The van der Waals surface area contributed by atoms with E-state index in [2.05, 4.69) is 0 Å². The van der Waals surface area contributed by atoms with Crippen molar-refractivity contribution in [1.29, 1.82) is 0 Å². The van der Waals surface area contributed by atoms with Gasteiger partial charge >= 0.3 is 23.9 Å². The summed E-state index contributed by atoms with van der Waals surface area (Å²) < 4.78 is 0. The van der Waals surface area contributed by atoms with Gasteiger partial charge in [0.2, 0.25) is 0 Å². The number of carboxylic acid groups (broad SMARTS) is 4. The molecule has 0 radical (unpaired) electrons. The number of aliphatic carboxylic acids is 4. The summed E-state index contributed by atoms with van der Waals surface area (Å²) in [5, 5.41) is 36.7. The Hall–Kier alpha value is -2.42. The van der Waals surface area contributed by atoms with E-state index in [9.17, 15) is 39.6 Å². The van der Waals surface area contributed by atoms with Crippen LogP contribution in [0.25, 0.3) is 0 Å². The van der Waals surface area contributed by atoms with E-state index in [4.69, 9.17) is 0 Å². The summed E-state index contributed by atoms with van der Waals surface area (Å²) in [6.07, 6.45) is 3.59. The Morgan fingerprint density at radius 3 is 1.75 bits per heavy atom. The van der Waals surface area contributed by atoms with Gasteiger partial charge in [-0.1, -0.05) is 12.8 Å². The van der Waals surface area contributed by atoms with Gasteiger partial charge in [-0.05, 0) is 30.4 Å². The minimum Gasteiger partial charge on any atom is -0.480 e. The maximum atomic E-state index is 11.3. The van der Waals surface area contributed by atoms with E-state index in [0.29, 0.717) is 4.88 Å². The van der Waals surface area contributed by atoms with Gasteiger partial charge in [0, 0.05) is 9.75 Å². The van der Waals surface area contributed by atoms with E-state index >= 15 is 0 Å². The molecule has 0 amide bonds. The summed E-state index contributed by atoms with van der Waals surface area (Å²) >= 11 is 0.896. The molecule has 1 aromatic heterocycles. The summed E-state index contributed by atoms with van der Waals surface area (Å²) in [7, 11) is 0. The van der Waals surface area contributed by atoms with Crippen molar-refractivity contribution in [1.82, 2.24) is 0 Å². The summed E-state index contributed by atoms with van der Waals surface area (Å²) in [6, 6.07) is 1.36. The predicted octanol–water partition coefficient (Wildman–Crippen LogP) is 1.91. The maximum Gasteiger partial charge on any atom is 0.323 e. The lowest BCUT2D eigenvalue weighted by molar-refractivity contribution is -0.153. The van der Waals surface area contributed by atoms with Crippen LogP contribution in [0.1, 0.15) is 58.8 Å². The van der Waals surface area contributed by atoms with Crippen LogP contribution >= 0.6 is 11.3 Å². The molecule has 8 nitrogen and oxygen atoms in total. The quantitative estimate of drug-likeness (QED) is 0.541. The van der Waals surface area contributed by atoms with Crippen molar-refractivity contribution in [3.05, 3.63) is 21.4 Å². The van der Waals surface area contributed by atoms with Crippen LogP contribution in [-0.2, 0) is 19.2 Å². The molecule has 24 heavy (non-hydrogen) atoms. The Kier molecular flexibility index (Phi) is 5.23. The molecule has 130 valence electrons. The smallest absolute Gasteiger partial charge is 0.323 e. The highest BCUT2D eigenvalue weighted by molar-refractivity contribution is 7.12. The molecular weight excluding hydrogens is 340 g/mol. The molecule has 9 heteroatoms. The van der Waals surface area contributed by atoms with Crippen LogP contribution in [-0.4, -0.2) is 44.3 Å². The van der Waals surface area contributed by atoms with Crippen LogP contribution in [0.3, 0.4) is 0 Å². The zero-order chi connectivity index (χ0) is 18.0. The van der Waals surface area contributed by atoms with Gasteiger partial charge in [0.15, 0.2) is 11.8 Å². The predicted molar refractivity (Wildman–Crippen MR) is 81.6 cm³/mol. The SMILES string of the molecule is O=C(O)C(C(=O)O)c1cc(C2CCCC2)sc1C(C(=O)O)C(=O)O. The zero-order valence-corrected chi connectivity index (χ0v) is 13.3. The number of carbonyl (C=O) groups is 4. The van der Waals surface area contributed by atoms with E-state index in [1.54, 1.807) is 0 Å². The average Bonchev–Trinajstić information content (AvgIpc) is 3.07. The van der Waals surface area contributed by atoms with Crippen molar-refractivity contribution >= 4 is 35.2 Å². The van der Waals surface area contributed by atoms with E-state index in [1.807, 2.05) is 0 Å². The fraction of sp³-hybridized carbons (Fsp3) is 0.467. The normalized spacial score (nSPS) is 15.1. The summed E-state index contributed by atoms with van der Waals surface area (Å²) in [5.74, 6) is -10.5. The minimum absolute atomic E-state index is 0.0778.